The van der Waals surface area contributed by atoms with Crippen molar-refractivity contribution in [1.82, 2.24) is 0 Å². The molecule has 0 unspecified atom stereocenters. The molecule has 1 aromatic rings. The lowest BCUT2D eigenvalue weighted by Crippen LogP contribution is -1.93. The van der Waals surface area contributed by atoms with E-state index in [1.807, 2.05) is 0 Å². The van der Waals surface area contributed by atoms with E-state index in [4.69, 9.17) is 4.42 Å². The van der Waals surface area contributed by atoms with Crippen molar-refractivity contribution < 1.29 is 9.21 Å². The van der Waals surface area contributed by atoms with E-state index >= 15 is 0 Å². The van der Waals surface area contributed by atoms with Crippen LogP contribution in [0.4, 0.5) is 0 Å². The Hall–Kier alpha value is -1.05. The summed E-state index contributed by atoms with van der Waals surface area (Å²) in [6.07, 6.45) is 2.89. The first-order valence-corrected chi connectivity index (χ1v) is 2.73. The lowest BCUT2D eigenvalue weighted by Gasteiger charge is -1.85. The Morgan fingerprint density at radius 1 is 1.89 bits per heavy atom. The predicted octanol–water partition coefficient (Wildman–Crippen LogP) is 1.21. The van der Waals surface area contributed by atoms with Gasteiger partial charge in [0.05, 0.1) is 6.42 Å². The van der Waals surface area contributed by atoms with Crippen molar-refractivity contribution >= 4 is 5.78 Å². The smallest absolute Gasteiger partial charge is 0.169 e. The van der Waals surface area contributed by atoms with E-state index < -0.39 is 0 Å². The highest BCUT2D eigenvalue weighted by atomic mass is 16.3. The molecule has 0 atom stereocenters. The van der Waals surface area contributed by atoms with Gasteiger partial charge in [0.1, 0.15) is 11.5 Å². The monoisotopic (exact) mass is 123 g/mol. The fourth-order valence-corrected chi connectivity index (χ4v) is 0.611. The molecular formula is C7H7O2. The second-order valence-corrected chi connectivity index (χ2v) is 1.90. The summed E-state index contributed by atoms with van der Waals surface area (Å²) in [4.78, 5) is 10.4. The Bertz CT molecular complexity index is 187. The lowest BCUT2D eigenvalue weighted by molar-refractivity contribution is -0.116. The van der Waals surface area contributed by atoms with Crippen LogP contribution in [0, 0.1) is 6.26 Å². The van der Waals surface area contributed by atoms with E-state index in [0.29, 0.717) is 12.2 Å². The molecule has 1 radical (unpaired) electrons. The summed E-state index contributed by atoms with van der Waals surface area (Å²) in [7, 11) is 0. The zero-order valence-corrected chi connectivity index (χ0v) is 5.18. The normalized spacial score (nSPS) is 9.44. The molecule has 1 heterocycles. The summed E-state index contributed by atoms with van der Waals surface area (Å²) in [5.41, 5.74) is 0. The molecule has 0 aliphatic carbocycles. The van der Waals surface area contributed by atoms with Gasteiger partial charge in [-0.2, -0.15) is 0 Å². The Labute approximate surface area is 53.5 Å². The van der Waals surface area contributed by atoms with E-state index in [-0.39, 0.29) is 5.78 Å². The van der Waals surface area contributed by atoms with Crippen molar-refractivity contribution in [2.75, 3.05) is 0 Å². The summed E-state index contributed by atoms with van der Waals surface area (Å²) >= 11 is 0. The predicted molar refractivity (Wildman–Crippen MR) is 31.9 cm³/mol. The van der Waals surface area contributed by atoms with Crippen molar-refractivity contribution in [3.8, 4) is 0 Å². The van der Waals surface area contributed by atoms with Crippen LogP contribution in [0.25, 0.3) is 0 Å². The highest BCUT2D eigenvalue weighted by Gasteiger charge is 1.97. The van der Waals surface area contributed by atoms with Crippen LogP contribution in [0.3, 0.4) is 0 Å². The number of Topliss-reactive ketones (excluding diaryl/α,β-unsaturated/α-hetero) is 1. The SMILES string of the molecule is CC(=O)Cc1cc[c]o1. The summed E-state index contributed by atoms with van der Waals surface area (Å²) in [5.74, 6) is 0.792. The molecule has 0 saturated heterocycles. The van der Waals surface area contributed by atoms with Gasteiger partial charge in [-0.05, 0) is 19.1 Å². The van der Waals surface area contributed by atoms with Crippen LogP contribution in [-0.2, 0) is 11.2 Å². The van der Waals surface area contributed by atoms with Crippen LogP contribution < -0.4 is 0 Å². The van der Waals surface area contributed by atoms with Gasteiger partial charge in [0, 0.05) is 0 Å². The van der Waals surface area contributed by atoms with Crippen molar-refractivity contribution in [3.05, 3.63) is 24.2 Å². The lowest BCUT2D eigenvalue weighted by atomic mass is 10.2. The molecule has 2 nitrogen and oxygen atoms in total. The minimum atomic E-state index is 0.110. The van der Waals surface area contributed by atoms with Gasteiger partial charge in [0.25, 0.3) is 0 Å². The van der Waals surface area contributed by atoms with Crippen LogP contribution in [0.2, 0.25) is 0 Å². The molecule has 0 spiro atoms. The summed E-state index contributed by atoms with van der Waals surface area (Å²) in [5, 5.41) is 0. The number of hydrogen-bond donors (Lipinski definition) is 0. The minimum Gasteiger partial charge on any atom is -0.457 e. The minimum absolute atomic E-state index is 0.110. The number of carbonyl (C=O) groups excluding carboxylic acids is 1. The molecule has 0 saturated carbocycles. The van der Waals surface area contributed by atoms with Crippen molar-refractivity contribution in [2.45, 2.75) is 13.3 Å². The molecule has 2 heteroatoms. The molecule has 1 aromatic heterocycles. The number of furan rings is 1. The van der Waals surface area contributed by atoms with E-state index in [9.17, 15) is 4.79 Å². The highest BCUT2D eigenvalue weighted by Crippen LogP contribution is 1.99. The van der Waals surface area contributed by atoms with Crippen LogP contribution >= 0.6 is 0 Å². The van der Waals surface area contributed by atoms with E-state index in [0.717, 1.165) is 0 Å². The Kier molecular flexibility index (Phi) is 1.68. The van der Waals surface area contributed by atoms with Gasteiger partial charge in [-0.3, -0.25) is 4.79 Å². The molecule has 0 amide bonds. The fraction of sp³-hybridized carbons (Fsp3) is 0.286. The maximum Gasteiger partial charge on any atom is 0.169 e. The Morgan fingerprint density at radius 2 is 2.67 bits per heavy atom. The number of carbonyl (C=O) groups is 1. The van der Waals surface area contributed by atoms with Gasteiger partial charge < -0.3 is 4.42 Å². The molecular weight excluding hydrogens is 116 g/mol. The second kappa shape index (κ2) is 2.49. The van der Waals surface area contributed by atoms with Gasteiger partial charge >= 0.3 is 0 Å². The van der Waals surface area contributed by atoms with Crippen molar-refractivity contribution in [2.24, 2.45) is 0 Å². The topological polar surface area (TPSA) is 30.2 Å². The van der Waals surface area contributed by atoms with E-state index in [1.165, 1.54) is 6.92 Å². The van der Waals surface area contributed by atoms with E-state index in [2.05, 4.69) is 6.26 Å². The molecule has 0 aliphatic heterocycles. The third kappa shape index (κ3) is 1.72. The molecule has 0 N–H and O–H groups in total. The zero-order chi connectivity index (χ0) is 6.69. The second-order valence-electron chi connectivity index (χ2n) is 1.90. The molecule has 0 aliphatic rings. The first kappa shape index (κ1) is 6.08. The number of rotatable bonds is 2. The zero-order valence-electron chi connectivity index (χ0n) is 5.18. The first-order valence-electron chi connectivity index (χ1n) is 2.73. The highest BCUT2D eigenvalue weighted by molar-refractivity contribution is 5.77. The number of ketones is 1. The largest absolute Gasteiger partial charge is 0.457 e. The molecule has 9 heavy (non-hydrogen) atoms. The molecule has 0 fully saturated rings. The van der Waals surface area contributed by atoms with Gasteiger partial charge in [-0.15, -0.1) is 0 Å². The molecule has 1 rings (SSSR count). The first-order chi connectivity index (χ1) is 4.29. The van der Waals surface area contributed by atoms with Crippen molar-refractivity contribution in [1.29, 1.82) is 0 Å². The fourth-order valence-electron chi connectivity index (χ4n) is 0.611. The maximum absolute atomic E-state index is 10.4. The average Bonchev–Trinajstić information content (AvgIpc) is 2.15. The summed E-state index contributed by atoms with van der Waals surface area (Å²) in [6.45, 7) is 1.53. The third-order valence-electron chi connectivity index (χ3n) is 0.950. The van der Waals surface area contributed by atoms with Crippen LogP contribution in [0.5, 0.6) is 0 Å². The Morgan fingerprint density at radius 3 is 3.11 bits per heavy atom. The maximum atomic E-state index is 10.4. The molecule has 0 aromatic carbocycles. The summed E-state index contributed by atoms with van der Waals surface area (Å²) < 4.78 is 4.80. The van der Waals surface area contributed by atoms with Crippen LogP contribution in [0.1, 0.15) is 12.7 Å². The summed E-state index contributed by atoms with van der Waals surface area (Å²) in [6, 6.07) is 3.39. The quantitative estimate of drug-likeness (QED) is 0.591. The van der Waals surface area contributed by atoms with Crippen LogP contribution in [-0.4, -0.2) is 5.78 Å². The number of hydrogen-bond acceptors (Lipinski definition) is 2. The van der Waals surface area contributed by atoms with Crippen molar-refractivity contribution in [3.63, 3.8) is 0 Å². The Balaban J connectivity index is 2.58. The average molecular weight is 123 g/mol. The van der Waals surface area contributed by atoms with Gasteiger partial charge in [0.15, 0.2) is 6.26 Å². The molecule has 47 valence electrons. The van der Waals surface area contributed by atoms with Crippen LogP contribution in [0.15, 0.2) is 16.5 Å². The standard InChI is InChI=1S/C7H7O2/c1-6(8)5-7-3-2-4-9-7/h2-3H,5H2,1H3. The van der Waals surface area contributed by atoms with E-state index in [1.54, 1.807) is 12.1 Å². The third-order valence-corrected chi connectivity index (χ3v) is 0.950. The molecule has 0 bridgehead atoms. The van der Waals surface area contributed by atoms with Gasteiger partial charge in [-0.25, -0.2) is 0 Å². The van der Waals surface area contributed by atoms with Gasteiger partial charge in [-0.1, -0.05) is 0 Å². The van der Waals surface area contributed by atoms with Gasteiger partial charge in [0.2, 0.25) is 0 Å².